The van der Waals surface area contributed by atoms with Crippen molar-refractivity contribution < 1.29 is 41.7 Å². The van der Waals surface area contributed by atoms with E-state index in [-0.39, 0.29) is 41.7 Å². The summed E-state index contributed by atoms with van der Waals surface area (Å²) in [5.41, 5.74) is 7.57. The molecule has 8 heavy (non-hydrogen) atoms. The van der Waals surface area contributed by atoms with Crippen LogP contribution in [-0.2, 0) is 0 Å². The summed E-state index contributed by atoms with van der Waals surface area (Å²) in [5, 5.41) is 0. The fourth-order valence-electron chi connectivity index (χ4n) is 0.438. The zero-order valence-corrected chi connectivity index (χ0v) is 7.53. The third-order valence-corrected chi connectivity index (χ3v) is 0.774. The average molecular weight is 232 g/mol. The van der Waals surface area contributed by atoms with E-state index in [2.05, 4.69) is 0 Å². The smallest absolute Gasteiger partial charge is 0 e. The third kappa shape index (κ3) is 2.64. The van der Waals surface area contributed by atoms with Crippen LogP contribution in [0.5, 0.6) is 0 Å². The van der Waals surface area contributed by atoms with Gasteiger partial charge in [-0.15, -0.1) is 5.69 Å². The van der Waals surface area contributed by atoms with Gasteiger partial charge in [0.25, 0.3) is 0 Å². The van der Waals surface area contributed by atoms with Crippen LogP contribution in [0.1, 0.15) is 0 Å². The van der Waals surface area contributed by atoms with Crippen molar-refractivity contribution in [3.05, 3.63) is 36.1 Å². The van der Waals surface area contributed by atoms with Gasteiger partial charge in [0.2, 0.25) is 0 Å². The summed E-state index contributed by atoms with van der Waals surface area (Å²) < 4.78 is 0. The minimum absolute atomic E-state index is 0. The Morgan fingerprint density at radius 1 is 1.00 bits per heavy atom. The van der Waals surface area contributed by atoms with E-state index in [0.29, 0.717) is 5.69 Å². The van der Waals surface area contributed by atoms with Gasteiger partial charge in [0.05, 0.1) is 0 Å². The number of benzene rings is 1. The normalized spacial score (nSPS) is 7.50. The molecule has 0 unspecified atom stereocenters. The molecule has 0 aliphatic heterocycles. The molecule has 0 bridgehead atoms. The molecular formula is C6H6CeN-. The van der Waals surface area contributed by atoms with Gasteiger partial charge in [-0.25, -0.2) is 0 Å². The van der Waals surface area contributed by atoms with Crippen LogP contribution in [0.2, 0.25) is 0 Å². The third-order valence-electron chi connectivity index (χ3n) is 0.774. The molecule has 0 amide bonds. The van der Waals surface area contributed by atoms with Gasteiger partial charge >= 0.3 is 0 Å². The van der Waals surface area contributed by atoms with Crippen molar-refractivity contribution in [1.82, 2.24) is 0 Å². The monoisotopic (exact) mass is 232 g/mol. The summed E-state index contributed by atoms with van der Waals surface area (Å²) in [6.07, 6.45) is 0. The van der Waals surface area contributed by atoms with Gasteiger partial charge in [0.1, 0.15) is 0 Å². The minimum atomic E-state index is 0. The molecule has 0 radical (unpaired) electrons. The van der Waals surface area contributed by atoms with E-state index < -0.39 is 0 Å². The Kier molecular flexibility index (Phi) is 4.51. The molecule has 1 N–H and O–H groups in total. The van der Waals surface area contributed by atoms with Crippen LogP contribution in [0.4, 0.5) is 5.69 Å². The Morgan fingerprint density at radius 3 is 1.75 bits per heavy atom. The Labute approximate surface area is 82.7 Å². The van der Waals surface area contributed by atoms with Crippen LogP contribution >= 0.6 is 0 Å². The fraction of sp³-hybridized carbons (Fsp3) is 0. The second-order valence-corrected chi connectivity index (χ2v) is 1.37. The zero-order valence-electron chi connectivity index (χ0n) is 4.39. The van der Waals surface area contributed by atoms with E-state index in [1.807, 2.05) is 18.2 Å². The quantitative estimate of drug-likeness (QED) is 0.655. The molecule has 0 aliphatic carbocycles. The Bertz CT molecular complexity index is 138. The maximum Gasteiger partial charge on any atom is 0 e. The first-order valence-electron chi connectivity index (χ1n) is 2.16. The maximum atomic E-state index is 7.00. The van der Waals surface area contributed by atoms with Crippen molar-refractivity contribution in [2.24, 2.45) is 0 Å². The minimum Gasteiger partial charge on any atom is -0.699 e. The van der Waals surface area contributed by atoms with Gasteiger partial charge in [0, 0.05) is 41.7 Å². The summed E-state index contributed by atoms with van der Waals surface area (Å²) in [6.45, 7) is 0. The molecule has 0 aromatic heterocycles. The molecule has 0 heterocycles. The molecule has 0 saturated carbocycles. The largest absolute Gasteiger partial charge is 0.699 e. The molecule has 1 nitrogen and oxygen atoms in total. The molecule has 0 spiro atoms. The van der Waals surface area contributed by atoms with Crippen LogP contribution < -0.4 is 0 Å². The van der Waals surface area contributed by atoms with Crippen LogP contribution in [0.15, 0.2) is 30.3 Å². The first-order chi connectivity index (χ1) is 3.39. The van der Waals surface area contributed by atoms with E-state index >= 15 is 0 Å². The standard InChI is InChI=1S/C6H6N.Ce/c7-6-4-2-1-3-5-6;/h1-5,7H;/q-1;. The van der Waals surface area contributed by atoms with Gasteiger partial charge in [-0.05, 0) is 0 Å². The molecule has 1 aromatic carbocycles. The molecule has 0 saturated heterocycles. The second kappa shape index (κ2) is 4.29. The SMILES string of the molecule is [Ce].[NH-]c1ccccc1. The van der Waals surface area contributed by atoms with Gasteiger partial charge in [0.15, 0.2) is 0 Å². The molecule has 0 fully saturated rings. The van der Waals surface area contributed by atoms with Crippen molar-refractivity contribution in [2.45, 2.75) is 0 Å². The number of hydrogen-bond donors (Lipinski definition) is 0. The Morgan fingerprint density at radius 2 is 1.50 bits per heavy atom. The van der Waals surface area contributed by atoms with Gasteiger partial charge in [-0.3, -0.25) is 0 Å². The van der Waals surface area contributed by atoms with Crippen molar-refractivity contribution in [1.29, 1.82) is 0 Å². The van der Waals surface area contributed by atoms with Crippen LogP contribution in [-0.4, -0.2) is 0 Å². The van der Waals surface area contributed by atoms with E-state index in [0.717, 1.165) is 0 Å². The molecule has 0 atom stereocenters. The molecule has 1 aromatic rings. The number of nitrogens with one attached hydrogen (secondary N) is 1. The molecular weight excluding hydrogens is 226 g/mol. The van der Waals surface area contributed by atoms with Gasteiger partial charge in [-0.2, -0.15) is 0 Å². The summed E-state index contributed by atoms with van der Waals surface area (Å²) in [7, 11) is 0. The van der Waals surface area contributed by atoms with Crippen LogP contribution in [0.25, 0.3) is 5.73 Å². The van der Waals surface area contributed by atoms with Crippen LogP contribution in [0, 0.1) is 41.7 Å². The fourth-order valence-corrected chi connectivity index (χ4v) is 0.438. The zero-order chi connectivity index (χ0) is 5.11. The Hall–Kier alpha value is 0.397. The van der Waals surface area contributed by atoms with Crippen molar-refractivity contribution in [3.8, 4) is 0 Å². The first-order valence-corrected chi connectivity index (χ1v) is 2.16. The number of rotatable bonds is 0. The predicted octanol–water partition coefficient (Wildman–Crippen LogP) is 2.37. The van der Waals surface area contributed by atoms with E-state index in [1.54, 1.807) is 12.1 Å². The maximum absolute atomic E-state index is 7.00. The van der Waals surface area contributed by atoms with Gasteiger partial charge in [-0.1, -0.05) is 30.3 Å². The Balaban J connectivity index is 0.000000490. The van der Waals surface area contributed by atoms with Gasteiger partial charge < -0.3 is 5.73 Å². The summed E-state index contributed by atoms with van der Waals surface area (Å²) >= 11 is 0. The van der Waals surface area contributed by atoms with Crippen molar-refractivity contribution >= 4 is 5.69 Å². The molecule has 0 aliphatic rings. The van der Waals surface area contributed by atoms with Crippen LogP contribution in [0.3, 0.4) is 0 Å². The summed E-state index contributed by atoms with van der Waals surface area (Å²) in [4.78, 5) is 0. The first kappa shape index (κ1) is 8.40. The average Bonchev–Trinajstić information content (AvgIpc) is 1.69. The predicted molar refractivity (Wildman–Crippen MR) is 30.4 cm³/mol. The second-order valence-electron chi connectivity index (χ2n) is 1.37. The van der Waals surface area contributed by atoms with E-state index in [1.165, 1.54) is 0 Å². The molecule has 2 heteroatoms. The topological polar surface area (TPSA) is 23.8 Å². The van der Waals surface area contributed by atoms with E-state index in [9.17, 15) is 0 Å². The van der Waals surface area contributed by atoms with E-state index in [4.69, 9.17) is 5.73 Å². The number of hydrogen-bond acceptors (Lipinski definition) is 0. The summed E-state index contributed by atoms with van der Waals surface area (Å²) in [6, 6.07) is 9.10. The van der Waals surface area contributed by atoms with Crippen molar-refractivity contribution in [3.63, 3.8) is 0 Å². The summed E-state index contributed by atoms with van der Waals surface area (Å²) in [5.74, 6) is 0. The van der Waals surface area contributed by atoms with Crippen molar-refractivity contribution in [2.75, 3.05) is 0 Å². The molecule has 40 valence electrons. The molecule has 1 rings (SSSR count).